The second-order valence-electron chi connectivity index (χ2n) is 9.28. The molecule has 10 nitrogen and oxygen atoms in total. The number of ether oxygens (including phenoxy) is 1. The summed E-state index contributed by atoms with van der Waals surface area (Å²) in [5, 5.41) is 7.91. The Kier molecular flexibility index (Phi) is 10.8. The SMILES string of the molecule is CC(C)[C@H](N)C(=O)N[C@@H](CCCNC(N)=O)C(=O)Nc1ccc(COC(=O)C(C)(C)C)cc1. The number of rotatable bonds is 11. The molecule has 184 valence electrons. The molecule has 0 saturated heterocycles. The molecule has 0 heterocycles. The van der Waals surface area contributed by atoms with Crippen LogP contribution in [0.25, 0.3) is 0 Å². The van der Waals surface area contributed by atoms with Gasteiger partial charge in [-0.3, -0.25) is 14.4 Å². The van der Waals surface area contributed by atoms with Gasteiger partial charge in [0, 0.05) is 12.2 Å². The molecule has 0 unspecified atom stereocenters. The fourth-order valence-corrected chi connectivity index (χ4v) is 2.64. The Morgan fingerprint density at radius 2 is 1.64 bits per heavy atom. The fraction of sp³-hybridized carbons (Fsp3) is 0.565. The van der Waals surface area contributed by atoms with Gasteiger partial charge in [-0.15, -0.1) is 0 Å². The molecule has 1 aromatic carbocycles. The predicted molar refractivity (Wildman–Crippen MR) is 126 cm³/mol. The quantitative estimate of drug-likeness (QED) is 0.247. The van der Waals surface area contributed by atoms with E-state index >= 15 is 0 Å². The number of amides is 4. The monoisotopic (exact) mass is 463 g/mol. The lowest BCUT2D eigenvalue weighted by Gasteiger charge is -2.22. The number of esters is 1. The van der Waals surface area contributed by atoms with Crippen molar-refractivity contribution in [2.75, 3.05) is 11.9 Å². The van der Waals surface area contributed by atoms with Crippen LogP contribution >= 0.6 is 0 Å². The van der Waals surface area contributed by atoms with Gasteiger partial charge in [-0.2, -0.15) is 0 Å². The molecule has 1 aromatic rings. The molecule has 0 fully saturated rings. The molecule has 0 aliphatic heterocycles. The summed E-state index contributed by atoms with van der Waals surface area (Å²) in [6.45, 7) is 9.37. The van der Waals surface area contributed by atoms with Gasteiger partial charge in [-0.1, -0.05) is 26.0 Å². The van der Waals surface area contributed by atoms with Crippen molar-refractivity contribution < 1.29 is 23.9 Å². The fourth-order valence-electron chi connectivity index (χ4n) is 2.64. The Hall–Kier alpha value is -3.14. The highest BCUT2D eigenvalue weighted by Crippen LogP contribution is 2.17. The lowest BCUT2D eigenvalue weighted by atomic mass is 9.97. The summed E-state index contributed by atoms with van der Waals surface area (Å²) in [6, 6.07) is 4.60. The van der Waals surface area contributed by atoms with Crippen molar-refractivity contribution in [3.63, 3.8) is 0 Å². The van der Waals surface area contributed by atoms with Crippen molar-refractivity contribution >= 4 is 29.5 Å². The number of urea groups is 1. The number of primary amides is 1. The van der Waals surface area contributed by atoms with Crippen LogP contribution < -0.4 is 27.4 Å². The molecular weight excluding hydrogens is 426 g/mol. The Morgan fingerprint density at radius 1 is 1.03 bits per heavy atom. The summed E-state index contributed by atoms with van der Waals surface area (Å²) in [4.78, 5) is 48.0. The maximum absolute atomic E-state index is 12.8. The van der Waals surface area contributed by atoms with Crippen molar-refractivity contribution in [2.45, 2.75) is 66.2 Å². The average molecular weight is 464 g/mol. The van der Waals surface area contributed by atoms with Crippen LogP contribution in [-0.2, 0) is 25.7 Å². The highest BCUT2D eigenvalue weighted by atomic mass is 16.5. The molecule has 33 heavy (non-hydrogen) atoms. The standard InChI is InChI=1S/C23H37N5O5/c1-14(2)18(24)20(30)28-17(7-6-12-26-22(25)32)19(29)27-16-10-8-15(9-11-16)13-33-21(31)23(3,4)5/h8-11,14,17-18H,6-7,12-13,24H2,1-5H3,(H,27,29)(H,28,30)(H3,25,26,32)/t17-,18-/m0/s1. The minimum atomic E-state index is -0.843. The van der Waals surface area contributed by atoms with Crippen LogP contribution in [0.5, 0.6) is 0 Å². The molecule has 0 radical (unpaired) electrons. The molecule has 0 bridgehead atoms. The maximum Gasteiger partial charge on any atom is 0.312 e. The van der Waals surface area contributed by atoms with E-state index in [2.05, 4.69) is 16.0 Å². The van der Waals surface area contributed by atoms with E-state index in [1.54, 1.807) is 45.0 Å². The van der Waals surface area contributed by atoms with E-state index in [4.69, 9.17) is 16.2 Å². The third-order valence-electron chi connectivity index (χ3n) is 4.83. The van der Waals surface area contributed by atoms with E-state index in [1.807, 2.05) is 13.8 Å². The number of benzene rings is 1. The average Bonchev–Trinajstić information content (AvgIpc) is 2.73. The summed E-state index contributed by atoms with van der Waals surface area (Å²) in [6.07, 6.45) is 0.708. The van der Waals surface area contributed by atoms with Crippen LogP contribution in [0.4, 0.5) is 10.5 Å². The Labute approximate surface area is 195 Å². The number of nitrogens with one attached hydrogen (secondary N) is 3. The van der Waals surface area contributed by atoms with Gasteiger partial charge < -0.3 is 32.2 Å². The first-order chi connectivity index (χ1) is 15.3. The zero-order valence-electron chi connectivity index (χ0n) is 20.1. The Bertz CT molecular complexity index is 818. The highest BCUT2D eigenvalue weighted by Gasteiger charge is 2.25. The summed E-state index contributed by atoms with van der Waals surface area (Å²) < 4.78 is 5.28. The van der Waals surface area contributed by atoms with Crippen LogP contribution in [0, 0.1) is 11.3 Å². The Balaban J connectivity index is 2.76. The maximum atomic E-state index is 12.8. The highest BCUT2D eigenvalue weighted by molar-refractivity contribution is 5.97. The van der Waals surface area contributed by atoms with Gasteiger partial charge in [-0.25, -0.2) is 4.79 Å². The second-order valence-corrected chi connectivity index (χ2v) is 9.28. The summed E-state index contributed by atoms with van der Waals surface area (Å²) in [5.41, 5.74) is 11.7. The summed E-state index contributed by atoms with van der Waals surface area (Å²) >= 11 is 0. The van der Waals surface area contributed by atoms with Crippen LogP contribution in [0.3, 0.4) is 0 Å². The predicted octanol–water partition coefficient (Wildman–Crippen LogP) is 1.63. The van der Waals surface area contributed by atoms with Gasteiger partial charge in [0.1, 0.15) is 12.6 Å². The van der Waals surface area contributed by atoms with Crippen LogP contribution in [0.1, 0.15) is 53.0 Å². The van der Waals surface area contributed by atoms with Crippen molar-refractivity contribution in [3.8, 4) is 0 Å². The number of hydrogen-bond donors (Lipinski definition) is 5. The number of anilines is 1. The van der Waals surface area contributed by atoms with Crippen LogP contribution in [-0.4, -0.2) is 42.4 Å². The van der Waals surface area contributed by atoms with Crippen LogP contribution in [0.2, 0.25) is 0 Å². The first-order valence-electron chi connectivity index (χ1n) is 11.0. The second kappa shape index (κ2) is 12.8. The summed E-state index contributed by atoms with van der Waals surface area (Å²) in [5.74, 6) is -1.23. The molecule has 7 N–H and O–H groups in total. The van der Waals surface area contributed by atoms with Crippen LogP contribution in [0.15, 0.2) is 24.3 Å². The molecule has 2 atom stereocenters. The molecular formula is C23H37N5O5. The van der Waals surface area contributed by atoms with Gasteiger partial charge in [0.05, 0.1) is 11.5 Å². The number of nitrogens with two attached hydrogens (primary N) is 2. The molecule has 0 spiro atoms. The lowest BCUT2D eigenvalue weighted by Crippen LogP contribution is -2.51. The molecule has 1 rings (SSSR count). The van der Waals surface area contributed by atoms with E-state index in [0.29, 0.717) is 12.1 Å². The molecule has 4 amide bonds. The normalized spacial score (nSPS) is 13.1. The van der Waals surface area contributed by atoms with Gasteiger partial charge in [0.15, 0.2) is 0 Å². The first-order valence-corrected chi connectivity index (χ1v) is 11.0. The van der Waals surface area contributed by atoms with Crippen molar-refractivity contribution in [2.24, 2.45) is 22.8 Å². The largest absolute Gasteiger partial charge is 0.460 e. The van der Waals surface area contributed by atoms with Crippen molar-refractivity contribution in [1.29, 1.82) is 0 Å². The number of hydrogen-bond acceptors (Lipinski definition) is 6. The first kappa shape index (κ1) is 27.9. The van der Waals surface area contributed by atoms with Crippen molar-refractivity contribution in [1.82, 2.24) is 10.6 Å². The molecule has 10 heteroatoms. The molecule has 0 aliphatic carbocycles. The number of carbonyl (C=O) groups excluding carboxylic acids is 4. The van der Waals surface area contributed by atoms with Gasteiger partial charge >= 0.3 is 12.0 Å². The minimum Gasteiger partial charge on any atom is -0.460 e. The number of carbonyl (C=O) groups is 4. The van der Waals surface area contributed by atoms with E-state index < -0.39 is 35.3 Å². The third kappa shape index (κ3) is 10.3. The Morgan fingerprint density at radius 3 is 2.15 bits per heavy atom. The van der Waals surface area contributed by atoms with E-state index in [-0.39, 0.29) is 31.5 Å². The smallest absolute Gasteiger partial charge is 0.312 e. The van der Waals surface area contributed by atoms with Crippen molar-refractivity contribution in [3.05, 3.63) is 29.8 Å². The van der Waals surface area contributed by atoms with E-state index in [0.717, 1.165) is 5.56 Å². The minimum absolute atomic E-state index is 0.0924. The molecule has 0 saturated carbocycles. The summed E-state index contributed by atoms with van der Waals surface area (Å²) in [7, 11) is 0. The molecule has 0 aliphatic rings. The third-order valence-corrected chi connectivity index (χ3v) is 4.83. The lowest BCUT2D eigenvalue weighted by molar-refractivity contribution is -0.154. The van der Waals surface area contributed by atoms with Gasteiger partial charge in [0.25, 0.3) is 0 Å². The topological polar surface area (TPSA) is 166 Å². The van der Waals surface area contributed by atoms with E-state index in [9.17, 15) is 19.2 Å². The van der Waals surface area contributed by atoms with Gasteiger partial charge in [0.2, 0.25) is 11.8 Å². The van der Waals surface area contributed by atoms with E-state index in [1.165, 1.54) is 0 Å². The van der Waals surface area contributed by atoms with Gasteiger partial charge in [-0.05, 0) is 57.2 Å². The molecule has 0 aromatic heterocycles. The zero-order chi connectivity index (χ0) is 25.2. The zero-order valence-corrected chi connectivity index (χ0v) is 20.1.